The number of hydrogen-bond acceptors (Lipinski definition) is 4. The zero-order chi connectivity index (χ0) is 14.3. The van der Waals surface area contributed by atoms with Gasteiger partial charge in [-0.2, -0.15) is 9.40 Å². The lowest BCUT2D eigenvalue weighted by molar-refractivity contribution is -0.00783. The molecule has 0 unspecified atom stereocenters. The molecule has 1 aliphatic rings. The number of aromatic nitrogens is 2. The molecule has 2 heterocycles. The number of alkyl halides is 1. The Morgan fingerprint density at radius 3 is 2.79 bits per heavy atom. The van der Waals surface area contributed by atoms with Crippen LogP contribution in [0, 0.1) is 6.92 Å². The van der Waals surface area contributed by atoms with Gasteiger partial charge in [-0.1, -0.05) is 0 Å². The number of nitrogens with one attached hydrogen (secondary N) is 1. The molecule has 1 aliphatic heterocycles. The van der Waals surface area contributed by atoms with Gasteiger partial charge in [0.1, 0.15) is 0 Å². The molecule has 0 amide bonds. The number of ether oxygens (including phenoxy) is 1. The minimum absolute atomic E-state index is 0.0231. The van der Waals surface area contributed by atoms with Gasteiger partial charge in [0.25, 0.3) is 10.0 Å². The molecule has 1 aromatic heterocycles. The minimum atomic E-state index is -3.67. The summed E-state index contributed by atoms with van der Waals surface area (Å²) in [6, 6.07) is 0. The predicted octanol–water partition coefficient (Wildman–Crippen LogP) is 1.26. The fraction of sp³-hybridized carbons (Fsp3) is 0.727. The van der Waals surface area contributed by atoms with Crippen LogP contribution >= 0.6 is 11.6 Å². The molecular weight excluding hydrogens is 290 g/mol. The van der Waals surface area contributed by atoms with Gasteiger partial charge in [-0.3, -0.25) is 5.10 Å². The highest BCUT2D eigenvalue weighted by Gasteiger charge is 2.41. The van der Waals surface area contributed by atoms with Crippen LogP contribution in [0.15, 0.2) is 5.03 Å². The Bertz CT molecular complexity index is 568. The zero-order valence-corrected chi connectivity index (χ0v) is 12.8. The molecule has 8 heteroatoms. The van der Waals surface area contributed by atoms with Gasteiger partial charge in [-0.05, 0) is 20.8 Å². The number of aryl methyl sites for hydroxylation is 1. The molecule has 1 aromatic rings. The van der Waals surface area contributed by atoms with E-state index in [9.17, 15) is 8.42 Å². The van der Waals surface area contributed by atoms with Crippen molar-refractivity contribution in [2.24, 2.45) is 0 Å². The number of H-pyrrole nitrogens is 1. The summed E-state index contributed by atoms with van der Waals surface area (Å²) in [6.07, 6.45) is 0. The number of halogens is 1. The van der Waals surface area contributed by atoms with E-state index >= 15 is 0 Å². The first kappa shape index (κ1) is 14.8. The van der Waals surface area contributed by atoms with Gasteiger partial charge in [-0.25, -0.2) is 8.42 Å². The van der Waals surface area contributed by atoms with Crippen molar-refractivity contribution in [3.63, 3.8) is 0 Å². The third-order valence-electron chi connectivity index (χ3n) is 3.27. The molecular formula is C11H18ClN3O3S. The molecule has 1 N–H and O–H groups in total. The highest BCUT2D eigenvalue weighted by atomic mass is 35.5. The van der Waals surface area contributed by atoms with E-state index in [4.69, 9.17) is 16.3 Å². The lowest BCUT2D eigenvalue weighted by Crippen LogP contribution is -2.55. The molecule has 0 aromatic carbocycles. The Morgan fingerprint density at radius 1 is 1.53 bits per heavy atom. The van der Waals surface area contributed by atoms with Crippen molar-refractivity contribution < 1.29 is 13.2 Å². The van der Waals surface area contributed by atoms with Crippen LogP contribution in [0.25, 0.3) is 0 Å². The molecule has 0 saturated carbocycles. The van der Waals surface area contributed by atoms with Gasteiger partial charge in [0.2, 0.25) is 0 Å². The van der Waals surface area contributed by atoms with Gasteiger partial charge in [0.05, 0.1) is 24.6 Å². The molecule has 0 spiro atoms. The summed E-state index contributed by atoms with van der Waals surface area (Å²) in [4.78, 5) is 0. The largest absolute Gasteiger partial charge is 0.378 e. The van der Waals surface area contributed by atoms with E-state index < -0.39 is 15.6 Å². The van der Waals surface area contributed by atoms with Crippen LogP contribution < -0.4 is 0 Å². The van der Waals surface area contributed by atoms with Crippen molar-refractivity contribution in [1.82, 2.24) is 14.5 Å². The lowest BCUT2D eigenvalue weighted by atomic mass is 10.1. The molecule has 6 nitrogen and oxygen atoms in total. The second kappa shape index (κ2) is 5.05. The van der Waals surface area contributed by atoms with Crippen LogP contribution in [0.4, 0.5) is 0 Å². The summed E-state index contributed by atoms with van der Waals surface area (Å²) < 4.78 is 32.2. The van der Waals surface area contributed by atoms with E-state index in [0.717, 1.165) is 0 Å². The van der Waals surface area contributed by atoms with E-state index in [1.54, 1.807) is 6.92 Å². The number of hydrogen-bond donors (Lipinski definition) is 1. The number of aromatic amines is 1. The van der Waals surface area contributed by atoms with E-state index in [-0.39, 0.29) is 10.9 Å². The third kappa shape index (κ3) is 2.52. The first-order valence-electron chi connectivity index (χ1n) is 6.01. The molecule has 0 radical (unpaired) electrons. The summed E-state index contributed by atoms with van der Waals surface area (Å²) in [5.41, 5.74) is 0.622. The molecule has 108 valence electrons. The lowest BCUT2D eigenvalue weighted by Gasteiger charge is -2.40. The van der Waals surface area contributed by atoms with Crippen LogP contribution in [0.3, 0.4) is 0 Å². The zero-order valence-electron chi connectivity index (χ0n) is 11.2. The molecule has 1 fully saturated rings. The Labute approximate surface area is 118 Å². The quantitative estimate of drug-likeness (QED) is 0.853. The topological polar surface area (TPSA) is 75.3 Å². The van der Waals surface area contributed by atoms with Crippen molar-refractivity contribution in [1.29, 1.82) is 0 Å². The van der Waals surface area contributed by atoms with E-state index in [2.05, 4.69) is 10.2 Å². The van der Waals surface area contributed by atoms with Crippen molar-refractivity contribution in [3.8, 4) is 0 Å². The normalized spacial score (nSPS) is 20.6. The maximum atomic E-state index is 12.7. The summed E-state index contributed by atoms with van der Waals surface area (Å²) >= 11 is 5.83. The van der Waals surface area contributed by atoms with Gasteiger partial charge in [0, 0.05) is 17.8 Å². The fourth-order valence-corrected chi connectivity index (χ4v) is 4.53. The fourth-order valence-electron chi connectivity index (χ4n) is 2.19. The standard InChI is InChI=1S/C11H18ClN3O3S/c1-8-9(6-12)10(14-13-8)19(16,17)15-4-5-18-7-11(15,2)3/h4-7H2,1-3H3,(H,13,14). The molecule has 1 saturated heterocycles. The average Bonchev–Trinajstić information content (AvgIpc) is 2.70. The van der Waals surface area contributed by atoms with E-state index in [0.29, 0.717) is 31.0 Å². The van der Waals surface area contributed by atoms with Gasteiger partial charge in [0.15, 0.2) is 5.03 Å². The Hall–Kier alpha value is -0.630. The number of nitrogens with zero attached hydrogens (tertiary/aromatic N) is 2. The van der Waals surface area contributed by atoms with Crippen LogP contribution in [0.5, 0.6) is 0 Å². The van der Waals surface area contributed by atoms with Crippen molar-refractivity contribution in [2.45, 2.75) is 37.2 Å². The Kier molecular flexibility index (Phi) is 3.92. The molecule has 0 bridgehead atoms. The van der Waals surface area contributed by atoms with Crippen molar-refractivity contribution >= 4 is 21.6 Å². The van der Waals surface area contributed by atoms with Crippen LogP contribution in [-0.4, -0.2) is 48.2 Å². The van der Waals surface area contributed by atoms with Gasteiger partial charge >= 0.3 is 0 Å². The first-order chi connectivity index (χ1) is 8.80. The van der Waals surface area contributed by atoms with Crippen LogP contribution in [-0.2, 0) is 20.6 Å². The number of sulfonamides is 1. The van der Waals surface area contributed by atoms with Gasteiger partial charge < -0.3 is 4.74 Å². The maximum absolute atomic E-state index is 12.7. The molecule has 19 heavy (non-hydrogen) atoms. The highest BCUT2D eigenvalue weighted by molar-refractivity contribution is 7.89. The molecule has 2 rings (SSSR count). The Balaban J connectivity index is 2.47. The van der Waals surface area contributed by atoms with Crippen LogP contribution in [0.2, 0.25) is 0 Å². The second-order valence-electron chi connectivity index (χ2n) is 5.21. The monoisotopic (exact) mass is 307 g/mol. The van der Waals surface area contributed by atoms with Gasteiger partial charge in [-0.15, -0.1) is 11.6 Å². The van der Waals surface area contributed by atoms with Crippen molar-refractivity contribution in [3.05, 3.63) is 11.3 Å². The second-order valence-corrected chi connectivity index (χ2v) is 7.25. The molecule has 0 aliphatic carbocycles. The third-order valence-corrected chi connectivity index (χ3v) is 5.62. The maximum Gasteiger partial charge on any atom is 0.263 e. The summed E-state index contributed by atoms with van der Waals surface area (Å²) in [5.74, 6) is 0.113. The summed E-state index contributed by atoms with van der Waals surface area (Å²) in [7, 11) is -3.67. The average molecular weight is 308 g/mol. The van der Waals surface area contributed by atoms with E-state index in [1.165, 1.54) is 4.31 Å². The number of morpholine rings is 1. The first-order valence-corrected chi connectivity index (χ1v) is 7.98. The highest BCUT2D eigenvalue weighted by Crippen LogP contribution is 2.29. The number of rotatable bonds is 3. The molecule has 0 atom stereocenters. The smallest absolute Gasteiger partial charge is 0.263 e. The van der Waals surface area contributed by atoms with E-state index in [1.807, 2.05) is 13.8 Å². The predicted molar refractivity (Wildman–Crippen MR) is 71.7 cm³/mol. The minimum Gasteiger partial charge on any atom is -0.378 e. The van der Waals surface area contributed by atoms with Crippen molar-refractivity contribution in [2.75, 3.05) is 19.8 Å². The summed E-state index contributed by atoms with van der Waals surface area (Å²) in [5, 5.41) is 6.63. The van der Waals surface area contributed by atoms with Crippen LogP contribution in [0.1, 0.15) is 25.1 Å². The Morgan fingerprint density at radius 2 is 2.21 bits per heavy atom. The SMILES string of the molecule is Cc1[nH]nc(S(=O)(=O)N2CCOCC2(C)C)c1CCl. The summed E-state index contributed by atoms with van der Waals surface area (Å²) in [6.45, 7) is 6.51.